The first kappa shape index (κ1) is 23.0. The number of thioether (sulfide) groups is 1. The van der Waals surface area contributed by atoms with E-state index in [0.717, 1.165) is 23.1 Å². The van der Waals surface area contributed by atoms with Crippen molar-refractivity contribution in [3.63, 3.8) is 0 Å². The van der Waals surface area contributed by atoms with Crippen molar-refractivity contribution < 1.29 is 14.3 Å². The Hall–Kier alpha value is -2.66. The van der Waals surface area contributed by atoms with Crippen LogP contribution in [0.1, 0.15) is 24.8 Å². The fourth-order valence-electron chi connectivity index (χ4n) is 3.09. The van der Waals surface area contributed by atoms with Crippen molar-refractivity contribution in [1.82, 2.24) is 5.32 Å². The van der Waals surface area contributed by atoms with Gasteiger partial charge in [-0.05, 0) is 42.8 Å². The third-order valence-electron chi connectivity index (χ3n) is 4.50. The van der Waals surface area contributed by atoms with Gasteiger partial charge in [-0.1, -0.05) is 47.1 Å². The number of hydrogen-bond donors (Lipinski definition) is 2. The van der Waals surface area contributed by atoms with Gasteiger partial charge in [0.2, 0.25) is 11.8 Å². The smallest absolute Gasteiger partial charge is 0.234 e. The summed E-state index contributed by atoms with van der Waals surface area (Å²) in [7, 11) is 0. The van der Waals surface area contributed by atoms with Crippen LogP contribution in [0.25, 0.3) is 0 Å². The molecule has 3 rings (SSSR count). The van der Waals surface area contributed by atoms with E-state index < -0.39 is 0 Å². The maximum atomic E-state index is 12.3. The van der Waals surface area contributed by atoms with E-state index in [1.807, 2.05) is 31.2 Å². The van der Waals surface area contributed by atoms with Gasteiger partial charge in [-0.15, -0.1) is 0 Å². The van der Waals surface area contributed by atoms with Gasteiger partial charge in [0.15, 0.2) is 0 Å². The number of anilines is 1. The van der Waals surface area contributed by atoms with Gasteiger partial charge in [0.1, 0.15) is 5.75 Å². The third-order valence-corrected chi connectivity index (χ3v) is 6.26. The topological polar surface area (TPSA) is 91.2 Å². The average Bonchev–Trinajstić information content (AvgIpc) is 2.75. The fourth-order valence-corrected chi connectivity index (χ4v) is 4.26. The molecular weight excluding hydrogens is 457 g/mol. The average molecular weight is 476 g/mol. The first-order valence-corrected chi connectivity index (χ1v) is 11.2. The highest BCUT2D eigenvalue weighted by atomic mass is 35.5. The predicted molar refractivity (Wildman–Crippen MR) is 123 cm³/mol. The van der Waals surface area contributed by atoms with Crippen LogP contribution >= 0.6 is 35.0 Å². The Morgan fingerprint density at radius 2 is 2.00 bits per heavy atom. The summed E-state index contributed by atoms with van der Waals surface area (Å²) in [4.78, 5) is 24.6. The standard InChI is InChI=1S/C22H19Cl2N3O3S/c1-2-30-15-6-3-13(4-7-15)16-10-20(28)27-22(17(16)11-25)31-12-21(29)26-14-5-8-18(23)19(24)9-14/h3-9,16H,2,10,12H2,1H3,(H,26,29)(H,27,28)/t16-/m1/s1. The fraction of sp³-hybridized carbons (Fsp3) is 0.227. The zero-order chi connectivity index (χ0) is 22.4. The number of halogens is 2. The number of nitrogens with one attached hydrogen (secondary N) is 2. The summed E-state index contributed by atoms with van der Waals surface area (Å²) >= 11 is 13.0. The lowest BCUT2D eigenvalue weighted by Crippen LogP contribution is -2.31. The van der Waals surface area contributed by atoms with E-state index >= 15 is 0 Å². The van der Waals surface area contributed by atoms with E-state index in [4.69, 9.17) is 27.9 Å². The molecule has 1 aliphatic heterocycles. The number of nitriles is 1. The molecule has 0 saturated carbocycles. The van der Waals surface area contributed by atoms with Gasteiger partial charge in [0.25, 0.3) is 0 Å². The van der Waals surface area contributed by atoms with Crippen LogP contribution in [-0.4, -0.2) is 24.2 Å². The molecule has 2 aromatic rings. The first-order chi connectivity index (χ1) is 14.9. The zero-order valence-electron chi connectivity index (χ0n) is 16.6. The van der Waals surface area contributed by atoms with Crippen molar-refractivity contribution in [2.75, 3.05) is 17.7 Å². The van der Waals surface area contributed by atoms with E-state index in [2.05, 4.69) is 16.7 Å². The molecule has 1 heterocycles. The molecule has 2 amide bonds. The van der Waals surface area contributed by atoms with Gasteiger partial charge in [-0.25, -0.2) is 0 Å². The lowest BCUT2D eigenvalue weighted by atomic mass is 9.87. The minimum Gasteiger partial charge on any atom is -0.494 e. The number of ether oxygens (including phenoxy) is 1. The van der Waals surface area contributed by atoms with Gasteiger partial charge in [-0.2, -0.15) is 5.26 Å². The van der Waals surface area contributed by atoms with Gasteiger partial charge >= 0.3 is 0 Å². The molecule has 0 saturated heterocycles. The van der Waals surface area contributed by atoms with Crippen LogP contribution in [0.3, 0.4) is 0 Å². The molecule has 2 aromatic carbocycles. The summed E-state index contributed by atoms with van der Waals surface area (Å²) < 4.78 is 5.45. The summed E-state index contributed by atoms with van der Waals surface area (Å²) in [5, 5.41) is 16.3. The number of rotatable bonds is 7. The molecule has 0 unspecified atom stereocenters. The Morgan fingerprint density at radius 3 is 2.65 bits per heavy atom. The van der Waals surface area contributed by atoms with E-state index in [-0.39, 0.29) is 29.9 Å². The Morgan fingerprint density at radius 1 is 1.26 bits per heavy atom. The number of nitrogens with zero attached hydrogens (tertiary/aromatic N) is 1. The molecule has 6 nitrogen and oxygen atoms in total. The highest BCUT2D eigenvalue weighted by Crippen LogP contribution is 2.36. The first-order valence-electron chi connectivity index (χ1n) is 9.45. The van der Waals surface area contributed by atoms with Gasteiger partial charge in [0, 0.05) is 18.0 Å². The van der Waals surface area contributed by atoms with E-state index in [1.165, 1.54) is 0 Å². The Bertz CT molecular complexity index is 1060. The molecule has 0 bridgehead atoms. The maximum absolute atomic E-state index is 12.3. The largest absolute Gasteiger partial charge is 0.494 e. The van der Waals surface area contributed by atoms with Crippen LogP contribution in [0.5, 0.6) is 5.75 Å². The number of allylic oxidation sites excluding steroid dienone is 1. The van der Waals surface area contributed by atoms with Crippen molar-refractivity contribution >= 4 is 52.5 Å². The van der Waals surface area contributed by atoms with Gasteiger partial charge in [-0.3, -0.25) is 9.59 Å². The molecule has 9 heteroatoms. The number of carbonyl (C=O) groups excluding carboxylic acids is 2. The molecule has 0 aliphatic carbocycles. The lowest BCUT2D eigenvalue weighted by molar-refractivity contribution is -0.121. The highest BCUT2D eigenvalue weighted by molar-refractivity contribution is 8.03. The summed E-state index contributed by atoms with van der Waals surface area (Å²) in [5.41, 5.74) is 1.78. The normalized spacial score (nSPS) is 15.8. The van der Waals surface area contributed by atoms with Gasteiger partial charge < -0.3 is 15.4 Å². The molecule has 1 aliphatic rings. The third kappa shape index (κ3) is 5.95. The zero-order valence-corrected chi connectivity index (χ0v) is 18.9. The summed E-state index contributed by atoms with van der Waals surface area (Å²) in [6.07, 6.45) is 0.163. The molecule has 0 aromatic heterocycles. The van der Waals surface area contributed by atoms with Crippen molar-refractivity contribution in [3.05, 3.63) is 68.7 Å². The van der Waals surface area contributed by atoms with Crippen LogP contribution in [0.4, 0.5) is 5.69 Å². The van der Waals surface area contributed by atoms with Crippen LogP contribution in [0.2, 0.25) is 10.0 Å². The number of amides is 2. The number of benzene rings is 2. The van der Waals surface area contributed by atoms with E-state index in [9.17, 15) is 14.9 Å². The minimum atomic E-state index is -0.380. The van der Waals surface area contributed by atoms with Crippen molar-refractivity contribution in [2.45, 2.75) is 19.3 Å². The maximum Gasteiger partial charge on any atom is 0.234 e. The summed E-state index contributed by atoms with van der Waals surface area (Å²) in [6, 6.07) is 14.3. The van der Waals surface area contributed by atoms with E-state index in [1.54, 1.807) is 18.2 Å². The van der Waals surface area contributed by atoms with Crippen molar-refractivity contribution in [2.24, 2.45) is 0 Å². The Kier molecular flexibility index (Phi) is 7.85. The second kappa shape index (κ2) is 10.6. The number of carbonyl (C=O) groups is 2. The second-order valence-corrected chi connectivity index (χ2v) is 8.43. The second-order valence-electron chi connectivity index (χ2n) is 6.63. The van der Waals surface area contributed by atoms with Crippen LogP contribution in [0, 0.1) is 11.3 Å². The quantitative estimate of drug-likeness (QED) is 0.580. The van der Waals surface area contributed by atoms with Crippen LogP contribution < -0.4 is 15.4 Å². The molecule has 0 radical (unpaired) electrons. The molecule has 0 fully saturated rings. The SMILES string of the molecule is CCOc1ccc([C@H]2CC(=O)NC(SCC(=O)Nc3ccc(Cl)c(Cl)c3)=C2C#N)cc1. The molecule has 31 heavy (non-hydrogen) atoms. The van der Waals surface area contributed by atoms with Crippen molar-refractivity contribution in [1.29, 1.82) is 5.26 Å². The Balaban J connectivity index is 1.73. The lowest BCUT2D eigenvalue weighted by Gasteiger charge is -2.25. The van der Waals surface area contributed by atoms with Crippen LogP contribution in [0.15, 0.2) is 53.1 Å². The molecule has 160 valence electrons. The Labute approximate surface area is 194 Å². The summed E-state index contributed by atoms with van der Waals surface area (Å²) in [6.45, 7) is 2.46. The molecule has 0 spiro atoms. The molecule has 2 N–H and O–H groups in total. The van der Waals surface area contributed by atoms with Gasteiger partial charge in [0.05, 0.1) is 39.1 Å². The monoisotopic (exact) mass is 475 g/mol. The molecular formula is C22H19Cl2N3O3S. The summed E-state index contributed by atoms with van der Waals surface area (Å²) in [5.74, 6) is -0.148. The van der Waals surface area contributed by atoms with E-state index in [0.29, 0.717) is 32.9 Å². The molecule has 1 atom stereocenters. The minimum absolute atomic E-state index is 0.0109. The van der Waals surface area contributed by atoms with Crippen LogP contribution in [-0.2, 0) is 9.59 Å². The predicted octanol–water partition coefficient (Wildman–Crippen LogP) is 5.10. The van der Waals surface area contributed by atoms with Crippen molar-refractivity contribution in [3.8, 4) is 11.8 Å². The number of hydrogen-bond acceptors (Lipinski definition) is 5. The highest BCUT2D eigenvalue weighted by Gasteiger charge is 2.30.